The third kappa shape index (κ3) is 5.16. The molecular formula is C22H24ClN3O5S. The minimum atomic E-state index is -3.52. The van der Waals surface area contributed by atoms with Crippen LogP contribution < -0.4 is 19.5 Å². The summed E-state index contributed by atoms with van der Waals surface area (Å²) in [6, 6.07) is 10.1. The van der Waals surface area contributed by atoms with Gasteiger partial charge in [-0.25, -0.2) is 8.42 Å². The van der Waals surface area contributed by atoms with Crippen LogP contribution in [0.4, 0.5) is 5.69 Å². The van der Waals surface area contributed by atoms with Gasteiger partial charge in [-0.15, -0.1) is 0 Å². The van der Waals surface area contributed by atoms with Gasteiger partial charge in [0.25, 0.3) is 10.0 Å². The quantitative estimate of drug-likeness (QED) is 0.591. The number of nitrogens with one attached hydrogen (secondary N) is 2. The maximum atomic E-state index is 12.3. The fraction of sp³-hybridized carbons (Fsp3) is 0.364. The number of aliphatic imine (C=N–C) groups is 1. The summed E-state index contributed by atoms with van der Waals surface area (Å²) in [5.74, 6) is 1.40. The Balaban J connectivity index is 1.23. The number of hydrogen-bond donors (Lipinski definition) is 2. The largest absolute Gasteiger partial charge is 0.490 e. The van der Waals surface area contributed by atoms with Gasteiger partial charge in [0.1, 0.15) is 5.84 Å². The van der Waals surface area contributed by atoms with Crippen molar-refractivity contribution in [2.45, 2.75) is 37.0 Å². The van der Waals surface area contributed by atoms with Crippen LogP contribution in [0.3, 0.4) is 0 Å². The van der Waals surface area contributed by atoms with E-state index in [0.29, 0.717) is 66.2 Å². The monoisotopic (exact) mass is 477 g/mol. The van der Waals surface area contributed by atoms with Gasteiger partial charge >= 0.3 is 0 Å². The van der Waals surface area contributed by atoms with E-state index in [-0.39, 0.29) is 10.8 Å². The molecule has 0 saturated carbocycles. The van der Waals surface area contributed by atoms with Gasteiger partial charge in [-0.05, 0) is 25.0 Å². The molecule has 2 aromatic carbocycles. The molecule has 0 bridgehead atoms. The average molecular weight is 478 g/mol. The standard InChI is InChI=1S/C22H24ClN3O5S/c23-16-13-18-19(31-12-6-11-30-18)14-17(16)25-21(27)9-2-1-5-10-24-22-15-7-3-4-8-20(15)32(28,29)26-22/h3-4,7-8,13-14H,1-2,5-6,9-12H2,(H,24,26)(H,25,27). The summed E-state index contributed by atoms with van der Waals surface area (Å²) in [4.78, 5) is 16.9. The predicted octanol–water partition coefficient (Wildman–Crippen LogP) is 3.74. The second-order valence-electron chi connectivity index (χ2n) is 7.52. The van der Waals surface area contributed by atoms with Crippen molar-refractivity contribution in [3.8, 4) is 11.5 Å². The predicted molar refractivity (Wildman–Crippen MR) is 122 cm³/mol. The molecule has 32 heavy (non-hydrogen) atoms. The van der Waals surface area contributed by atoms with Crippen molar-refractivity contribution in [2.75, 3.05) is 25.1 Å². The lowest BCUT2D eigenvalue weighted by Gasteiger charge is -2.12. The molecule has 0 fully saturated rings. The Hall–Kier alpha value is -2.78. The summed E-state index contributed by atoms with van der Waals surface area (Å²) in [5.41, 5.74) is 1.10. The van der Waals surface area contributed by atoms with Crippen molar-refractivity contribution in [3.05, 3.63) is 47.0 Å². The van der Waals surface area contributed by atoms with Crippen molar-refractivity contribution in [3.63, 3.8) is 0 Å². The zero-order chi connectivity index (χ0) is 22.6. The van der Waals surface area contributed by atoms with Crippen LogP contribution in [0.2, 0.25) is 5.02 Å². The number of rotatable bonds is 7. The smallest absolute Gasteiger partial charge is 0.263 e. The number of carbonyl (C=O) groups excluding carboxylic acids is 1. The summed E-state index contributed by atoms with van der Waals surface area (Å²) in [6.45, 7) is 1.60. The third-order valence-corrected chi connectivity index (χ3v) is 6.82. The molecule has 4 rings (SSSR count). The van der Waals surface area contributed by atoms with Gasteiger partial charge in [0, 0.05) is 37.1 Å². The second kappa shape index (κ2) is 9.79. The molecule has 0 atom stereocenters. The van der Waals surface area contributed by atoms with E-state index in [1.54, 1.807) is 36.4 Å². The Labute approximate surface area is 192 Å². The van der Waals surface area contributed by atoms with Gasteiger partial charge in [-0.1, -0.05) is 30.2 Å². The Morgan fingerprint density at radius 2 is 1.84 bits per heavy atom. The van der Waals surface area contributed by atoms with E-state index < -0.39 is 10.0 Å². The number of anilines is 1. The van der Waals surface area contributed by atoms with Crippen LogP contribution in [0, 0.1) is 0 Å². The van der Waals surface area contributed by atoms with Crippen molar-refractivity contribution in [1.29, 1.82) is 0 Å². The number of sulfonamides is 1. The Bertz CT molecular complexity index is 1150. The molecule has 1 amide bonds. The Morgan fingerprint density at radius 1 is 1.09 bits per heavy atom. The van der Waals surface area contributed by atoms with Crippen LogP contribution in [0.25, 0.3) is 0 Å². The normalized spacial score (nSPS) is 17.3. The number of amidine groups is 1. The lowest BCUT2D eigenvalue weighted by molar-refractivity contribution is -0.116. The molecule has 0 spiro atoms. The molecular weight excluding hydrogens is 454 g/mol. The van der Waals surface area contributed by atoms with Gasteiger partial charge in [-0.3, -0.25) is 14.5 Å². The van der Waals surface area contributed by atoms with Gasteiger partial charge in [-0.2, -0.15) is 0 Å². The average Bonchev–Trinajstić information content (AvgIpc) is 2.89. The first-order valence-electron chi connectivity index (χ1n) is 10.5. The zero-order valence-corrected chi connectivity index (χ0v) is 19.0. The summed E-state index contributed by atoms with van der Waals surface area (Å²) in [7, 11) is -3.52. The fourth-order valence-corrected chi connectivity index (χ4v) is 4.96. The summed E-state index contributed by atoms with van der Waals surface area (Å²) >= 11 is 6.27. The second-order valence-corrected chi connectivity index (χ2v) is 9.58. The number of benzene rings is 2. The summed E-state index contributed by atoms with van der Waals surface area (Å²) < 4.78 is 37.9. The maximum Gasteiger partial charge on any atom is 0.263 e. The van der Waals surface area contributed by atoms with Crippen molar-refractivity contribution in [2.24, 2.45) is 4.99 Å². The van der Waals surface area contributed by atoms with E-state index in [9.17, 15) is 13.2 Å². The molecule has 2 aliphatic rings. The van der Waals surface area contributed by atoms with E-state index in [0.717, 1.165) is 19.3 Å². The highest BCUT2D eigenvalue weighted by atomic mass is 35.5. The molecule has 0 aliphatic carbocycles. The molecule has 0 radical (unpaired) electrons. The van der Waals surface area contributed by atoms with Crippen molar-refractivity contribution in [1.82, 2.24) is 4.72 Å². The number of amides is 1. The van der Waals surface area contributed by atoms with E-state index in [2.05, 4.69) is 15.0 Å². The number of unbranched alkanes of at least 4 members (excludes halogenated alkanes) is 2. The van der Waals surface area contributed by atoms with Gasteiger partial charge in [0.2, 0.25) is 5.91 Å². The molecule has 0 unspecified atom stereocenters. The Kier molecular flexibility index (Phi) is 6.86. The summed E-state index contributed by atoms with van der Waals surface area (Å²) in [6.07, 6.45) is 3.34. The fourth-order valence-electron chi connectivity index (χ4n) is 3.51. The molecule has 2 aliphatic heterocycles. The number of ether oxygens (including phenoxy) is 2. The van der Waals surface area contributed by atoms with Crippen LogP contribution in [0.5, 0.6) is 11.5 Å². The number of carbonyl (C=O) groups is 1. The van der Waals surface area contributed by atoms with E-state index in [1.165, 1.54) is 0 Å². The molecule has 2 aromatic rings. The van der Waals surface area contributed by atoms with Crippen LogP contribution >= 0.6 is 11.6 Å². The van der Waals surface area contributed by atoms with Crippen molar-refractivity contribution >= 4 is 39.1 Å². The molecule has 0 aromatic heterocycles. The lowest BCUT2D eigenvalue weighted by atomic mass is 10.1. The van der Waals surface area contributed by atoms with Crippen LogP contribution in [-0.2, 0) is 14.8 Å². The SMILES string of the molecule is O=C(CCCCCN=C1NS(=O)(=O)c2ccccc21)Nc1cc2c(cc1Cl)OCCCO2. The van der Waals surface area contributed by atoms with E-state index in [1.807, 2.05) is 0 Å². The van der Waals surface area contributed by atoms with Crippen LogP contribution in [0.1, 0.15) is 37.7 Å². The lowest BCUT2D eigenvalue weighted by Crippen LogP contribution is -2.22. The number of fused-ring (bicyclic) bond motifs is 2. The van der Waals surface area contributed by atoms with Crippen LogP contribution in [-0.4, -0.2) is 39.9 Å². The molecule has 0 saturated heterocycles. The highest BCUT2D eigenvalue weighted by Gasteiger charge is 2.29. The van der Waals surface area contributed by atoms with E-state index in [4.69, 9.17) is 21.1 Å². The highest BCUT2D eigenvalue weighted by molar-refractivity contribution is 7.90. The van der Waals surface area contributed by atoms with Crippen molar-refractivity contribution < 1.29 is 22.7 Å². The van der Waals surface area contributed by atoms with Crippen LogP contribution in [0.15, 0.2) is 46.3 Å². The number of nitrogens with zero attached hydrogens (tertiary/aromatic N) is 1. The van der Waals surface area contributed by atoms with Gasteiger partial charge < -0.3 is 14.8 Å². The van der Waals surface area contributed by atoms with Gasteiger partial charge in [0.15, 0.2) is 11.5 Å². The highest BCUT2D eigenvalue weighted by Crippen LogP contribution is 2.37. The molecule has 2 N–H and O–H groups in total. The first kappa shape index (κ1) is 22.4. The van der Waals surface area contributed by atoms with E-state index >= 15 is 0 Å². The third-order valence-electron chi connectivity index (χ3n) is 5.11. The maximum absolute atomic E-state index is 12.3. The topological polar surface area (TPSA) is 106 Å². The first-order chi connectivity index (χ1) is 15.4. The molecule has 2 heterocycles. The number of halogens is 1. The molecule has 10 heteroatoms. The zero-order valence-electron chi connectivity index (χ0n) is 17.4. The van der Waals surface area contributed by atoms with Gasteiger partial charge in [0.05, 0.1) is 28.8 Å². The minimum absolute atomic E-state index is 0.134. The number of hydrogen-bond acceptors (Lipinski definition) is 6. The minimum Gasteiger partial charge on any atom is -0.490 e. The Morgan fingerprint density at radius 3 is 2.66 bits per heavy atom. The molecule has 170 valence electrons. The molecule has 8 nitrogen and oxygen atoms in total. The first-order valence-corrected chi connectivity index (χ1v) is 12.4. The summed E-state index contributed by atoms with van der Waals surface area (Å²) in [5, 5.41) is 3.23.